The predicted molar refractivity (Wildman–Crippen MR) is 66.9 cm³/mol. The van der Waals surface area contributed by atoms with Crippen molar-refractivity contribution in [1.82, 2.24) is 15.0 Å². The van der Waals surface area contributed by atoms with Crippen LogP contribution >= 0.6 is 0 Å². The topological polar surface area (TPSA) is 86.4 Å². The number of nitrogens with zero attached hydrogens (tertiary/aromatic N) is 4. The maximum absolute atomic E-state index is 5.58. The molecule has 0 spiro atoms. The molecule has 2 rings (SSSR count). The van der Waals surface area contributed by atoms with Gasteiger partial charge >= 0.3 is 12.0 Å². The molecule has 100 valence electrons. The van der Waals surface area contributed by atoms with E-state index in [1.165, 1.54) is 14.2 Å². The van der Waals surface area contributed by atoms with Crippen LogP contribution in [0.4, 0.5) is 5.95 Å². The van der Waals surface area contributed by atoms with Crippen molar-refractivity contribution in [2.24, 2.45) is 11.7 Å². The SMILES string of the molecule is COc1nc(OC)nc(N2CCC(CCN)C2)n1. The van der Waals surface area contributed by atoms with E-state index in [0.29, 0.717) is 11.9 Å². The van der Waals surface area contributed by atoms with Crippen molar-refractivity contribution in [3.05, 3.63) is 0 Å². The Hall–Kier alpha value is -1.63. The molecule has 1 aliphatic heterocycles. The Kier molecular flexibility index (Phi) is 4.14. The minimum atomic E-state index is 0.277. The molecule has 1 aliphatic rings. The standard InChI is InChI=1S/C11H19N5O2/c1-17-10-13-9(14-11(15-10)18-2)16-6-4-8(7-16)3-5-12/h8H,3-7,12H2,1-2H3. The van der Waals surface area contributed by atoms with Crippen molar-refractivity contribution in [2.45, 2.75) is 12.8 Å². The van der Waals surface area contributed by atoms with Crippen molar-refractivity contribution in [3.63, 3.8) is 0 Å². The molecule has 0 aliphatic carbocycles. The van der Waals surface area contributed by atoms with Gasteiger partial charge in [-0.1, -0.05) is 0 Å². The third kappa shape index (κ3) is 2.79. The molecule has 1 saturated heterocycles. The Balaban J connectivity index is 2.13. The van der Waals surface area contributed by atoms with Crippen molar-refractivity contribution in [3.8, 4) is 12.0 Å². The molecule has 2 heterocycles. The van der Waals surface area contributed by atoms with E-state index in [1.807, 2.05) is 0 Å². The average Bonchev–Trinajstić information content (AvgIpc) is 2.87. The monoisotopic (exact) mass is 253 g/mol. The molecule has 7 nitrogen and oxygen atoms in total. The van der Waals surface area contributed by atoms with Gasteiger partial charge in [-0.25, -0.2) is 0 Å². The van der Waals surface area contributed by atoms with Crippen LogP contribution in [-0.2, 0) is 0 Å². The molecule has 1 atom stereocenters. The van der Waals surface area contributed by atoms with Gasteiger partial charge in [0.2, 0.25) is 5.95 Å². The van der Waals surface area contributed by atoms with Crippen molar-refractivity contribution in [1.29, 1.82) is 0 Å². The summed E-state index contributed by atoms with van der Waals surface area (Å²) in [6, 6.07) is 0.554. The molecular formula is C11H19N5O2. The summed E-state index contributed by atoms with van der Waals surface area (Å²) in [4.78, 5) is 14.6. The van der Waals surface area contributed by atoms with Gasteiger partial charge in [0.05, 0.1) is 14.2 Å². The number of methoxy groups -OCH3 is 2. The Labute approximate surface area is 106 Å². The molecule has 7 heteroatoms. The van der Waals surface area contributed by atoms with Crippen molar-refractivity contribution < 1.29 is 9.47 Å². The van der Waals surface area contributed by atoms with Gasteiger partial charge in [-0.15, -0.1) is 4.98 Å². The fourth-order valence-corrected chi connectivity index (χ4v) is 2.14. The molecule has 0 saturated carbocycles. The highest BCUT2D eigenvalue weighted by atomic mass is 16.5. The van der Waals surface area contributed by atoms with E-state index in [1.54, 1.807) is 0 Å². The summed E-state index contributed by atoms with van der Waals surface area (Å²) in [6.45, 7) is 2.58. The van der Waals surface area contributed by atoms with E-state index >= 15 is 0 Å². The largest absolute Gasteiger partial charge is 0.467 e. The summed E-state index contributed by atoms with van der Waals surface area (Å²) in [5.41, 5.74) is 5.58. The van der Waals surface area contributed by atoms with E-state index in [0.717, 1.165) is 32.5 Å². The van der Waals surface area contributed by atoms with Gasteiger partial charge in [0.15, 0.2) is 0 Å². The Bertz CT molecular complexity index is 379. The lowest BCUT2D eigenvalue weighted by molar-refractivity contribution is 0.340. The first-order valence-electron chi connectivity index (χ1n) is 6.06. The highest BCUT2D eigenvalue weighted by Crippen LogP contribution is 2.24. The van der Waals surface area contributed by atoms with Crippen LogP contribution in [-0.4, -0.2) is 48.8 Å². The number of anilines is 1. The average molecular weight is 253 g/mol. The first-order chi connectivity index (χ1) is 8.76. The molecule has 2 N–H and O–H groups in total. The second-order valence-electron chi connectivity index (χ2n) is 4.29. The fourth-order valence-electron chi connectivity index (χ4n) is 2.14. The number of rotatable bonds is 5. The lowest BCUT2D eigenvalue weighted by atomic mass is 10.1. The Morgan fingerprint density at radius 3 is 2.44 bits per heavy atom. The highest BCUT2D eigenvalue weighted by molar-refractivity contribution is 5.33. The first kappa shape index (κ1) is 12.8. The lowest BCUT2D eigenvalue weighted by Gasteiger charge is -2.16. The minimum Gasteiger partial charge on any atom is -0.467 e. The van der Waals surface area contributed by atoms with Crippen LogP contribution in [0, 0.1) is 5.92 Å². The number of hydrogen-bond donors (Lipinski definition) is 1. The smallest absolute Gasteiger partial charge is 0.324 e. The number of nitrogens with two attached hydrogens (primary N) is 1. The molecule has 1 aromatic heterocycles. The second kappa shape index (κ2) is 5.81. The van der Waals surface area contributed by atoms with Crippen molar-refractivity contribution in [2.75, 3.05) is 38.8 Å². The van der Waals surface area contributed by atoms with Gasteiger partial charge in [-0.3, -0.25) is 0 Å². The van der Waals surface area contributed by atoms with Crippen LogP contribution in [0.25, 0.3) is 0 Å². The lowest BCUT2D eigenvalue weighted by Crippen LogP contribution is -2.23. The molecule has 18 heavy (non-hydrogen) atoms. The zero-order valence-electron chi connectivity index (χ0n) is 10.8. The van der Waals surface area contributed by atoms with Crippen molar-refractivity contribution >= 4 is 5.95 Å². The maximum Gasteiger partial charge on any atom is 0.324 e. The van der Waals surface area contributed by atoms with Gasteiger partial charge in [0, 0.05) is 13.1 Å². The molecule has 0 radical (unpaired) electrons. The van der Waals surface area contributed by atoms with Crippen LogP contribution in [0.15, 0.2) is 0 Å². The first-order valence-corrected chi connectivity index (χ1v) is 6.06. The summed E-state index contributed by atoms with van der Waals surface area (Å²) in [6.07, 6.45) is 2.16. The molecular weight excluding hydrogens is 234 g/mol. The van der Waals surface area contributed by atoms with Crippen LogP contribution in [0.3, 0.4) is 0 Å². The molecule has 0 bridgehead atoms. The van der Waals surface area contributed by atoms with E-state index in [4.69, 9.17) is 15.2 Å². The van der Waals surface area contributed by atoms with Gasteiger partial charge in [0.1, 0.15) is 0 Å². The summed E-state index contributed by atoms with van der Waals surface area (Å²) >= 11 is 0. The van der Waals surface area contributed by atoms with E-state index < -0.39 is 0 Å². The number of aromatic nitrogens is 3. The second-order valence-corrected chi connectivity index (χ2v) is 4.29. The van der Waals surface area contributed by atoms with Gasteiger partial charge in [-0.2, -0.15) is 9.97 Å². The molecule has 1 aromatic rings. The molecule has 0 aromatic carbocycles. The van der Waals surface area contributed by atoms with Crippen LogP contribution in [0.2, 0.25) is 0 Å². The van der Waals surface area contributed by atoms with E-state index in [-0.39, 0.29) is 12.0 Å². The molecule has 1 unspecified atom stereocenters. The zero-order chi connectivity index (χ0) is 13.0. The minimum absolute atomic E-state index is 0.277. The molecule has 0 amide bonds. The van der Waals surface area contributed by atoms with Crippen LogP contribution in [0.1, 0.15) is 12.8 Å². The third-order valence-corrected chi connectivity index (χ3v) is 3.09. The molecule has 1 fully saturated rings. The fraction of sp³-hybridized carbons (Fsp3) is 0.727. The highest BCUT2D eigenvalue weighted by Gasteiger charge is 2.25. The zero-order valence-corrected chi connectivity index (χ0v) is 10.8. The predicted octanol–water partition coefficient (Wildman–Crippen LogP) is 0.0639. The van der Waals surface area contributed by atoms with Gasteiger partial charge in [0.25, 0.3) is 0 Å². The summed E-state index contributed by atoms with van der Waals surface area (Å²) < 4.78 is 10.1. The summed E-state index contributed by atoms with van der Waals surface area (Å²) in [5.74, 6) is 1.22. The van der Waals surface area contributed by atoms with Gasteiger partial charge in [-0.05, 0) is 25.3 Å². The van der Waals surface area contributed by atoms with Gasteiger partial charge < -0.3 is 20.1 Å². The summed E-state index contributed by atoms with van der Waals surface area (Å²) in [7, 11) is 3.06. The van der Waals surface area contributed by atoms with E-state index in [9.17, 15) is 0 Å². The van der Waals surface area contributed by atoms with Crippen LogP contribution < -0.4 is 20.1 Å². The number of hydrogen-bond acceptors (Lipinski definition) is 7. The normalized spacial score (nSPS) is 19.1. The number of ether oxygens (including phenoxy) is 2. The summed E-state index contributed by atoms with van der Waals surface area (Å²) in [5, 5.41) is 0. The Morgan fingerprint density at radius 2 is 1.89 bits per heavy atom. The third-order valence-electron chi connectivity index (χ3n) is 3.09. The quantitative estimate of drug-likeness (QED) is 0.794. The maximum atomic E-state index is 5.58. The Morgan fingerprint density at radius 1 is 1.22 bits per heavy atom. The van der Waals surface area contributed by atoms with Crippen LogP contribution in [0.5, 0.6) is 12.0 Å². The van der Waals surface area contributed by atoms with E-state index in [2.05, 4.69) is 19.9 Å².